The van der Waals surface area contributed by atoms with Gasteiger partial charge in [-0.3, -0.25) is 13.9 Å². The van der Waals surface area contributed by atoms with E-state index in [0.29, 0.717) is 11.3 Å². The van der Waals surface area contributed by atoms with E-state index in [1.54, 1.807) is 19.9 Å². The van der Waals surface area contributed by atoms with Crippen molar-refractivity contribution in [2.45, 2.75) is 26.7 Å². The first-order valence-electron chi connectivity index (χ1n) is 13.2. The average molecular weight is 667 g/mol. The molecule has 0 aliphatic carbocycles. The zero-order chi connectivity index (χ0) is 33.6. The van der Waals surface area contributed by atoms with Gasteiger partial charge in [-0.05, 0) is 44.4 Å². The molecule has 0 aliphatic rings. The Balaban J connectivity index is 2.59. The lowest BCUT2D eigenvalue weighted by Gasteiger charge is -2.14. The van der Waals surface area contributed by atoms with Gasteiger partial charge >= 0.3 is 0 Å². The molecule has 0 spiro atoms. The number of hydrogen-bond acceptors (Lipinski definition) is 11. The Kier molecular flexibility index (Phi) is 14.0. The predicted octanol–water partition coefficient (Wildman–Crippen LogP) is 0.333. The molecule has 2 rings (SSSR count). The molecular weight excluding hydrogens is 634 g/mol. The third kappa shape index (κ3) is 13.8. The van der Waals surface area contributed by atoms with Crippen LogP contribution in [-0.4, -0.2) is 82.8 Å². The number of likely N-dealkylation sites (N-methyl/N-ethyl adjacent to an activating group) is 1. The van der Waals surface area contributed by atoms with E-state index < -0.39 is 50.2 Å². The molecule has 0 atom stereocenters. The molecular formula is C29H32NO13S2-. The quantitative estimate of drug-likeness (QED) is 0.125. The number of carboxylic acid groups (broad SMARTS) is 1. The number of aryl methyl sites for hydroxylation is 1. The summed E-state index contributed by atoms with van der Waals surface area (Å²) in [5, 5.41) is 13.5. The summed E-state index contributed by atoms with van der Waals surface area (Å²) in [5.74, 6) is 8.97. The summed E-state index contributed by atoms with van der Waals surface area (Å²) < 4.78 is 84.6. The third-order valence-electron chi connectivity index (χ3n) is 5.54. The summed E-state index contributed by atoms with van der Waals surface area (Å²) in [7, 11) is -6.96. The van der Waals surface area contributed by atoms with Crippen LogP contribution in [-0.2, 0) is 29.8 Å². The molecule has 45 heavy (non-hydrogen) atoms. The van der Waals surface area contributed by atoms with Gasteiger partial charge in [0.1, 0.15) is 29.6 Å². The second-order valence-electron chi connectivity index (χ2n) is 9.18. The van der Waals surface area contributed by atoms with Crippen molar-refractivity contribution in [1.29, 1.82) is 0 Å². The number of amides is 1. The maximum Gasteiger partial charge on any atom is 0.264 e. The van der Waals surface area contributed by atoms with Crippen molar-refractivity contribution in [2.24, 2.45) is 0 Å². The number of aliphatic carboxylic acids is 1. The number of carbonyl (C=O) groups is 2. The summed E-state index contributed by atoms with van der Waals surface area (Å²) in [6.07, 6.45) is -0.0317. The molecule has 0 radical (unpaired) electrons. The van der Waals surface area contributed by atoms with Crippen LogP contribution in [0.1, 0.15) is 42.0 Å². The Morgan fingerprint density at radius 2 is 1.20 bits per heavy atom. The molecule has 2 aromatic rings. The minimum absolute atomic E-state index is 0.000841. The van der Waals surface area contributed by atoms with Gasteiger partial charge in [0.15, 0.2) is 6.61 Å². The SMILES string of the molecule is CC#Cc1cc(OCC(=O)NC)c(C#Cc2cc(OCCCS(=O)(=O)O)c(C)cc2OCCCS(=O)(=O)O)cc1OCC(=O)[O-]. The Bertz CT molecular complexity index is 1730. The van der Waals surface area contributed by atoms with Crippen molar-refractivity contribution in [1.82, 2.24) is 5.32 Å². The molecule has 0 fully saturated rings. The van der Waals surface area contributed by atoms with Gasteiger partial charge in [-0.15, -0.1) is 5.92 Å². The summed E-state index contributed by atoms with van der Waals surface area (Å²) in [6.45, 7) is 1.92. The van der Waals surface area contributed by atoms with Crippen LogP contribution in [0.5, 0.6) is 23.0 Å². The van der Waals surface area contributed by atoms with Gasteiger partial charge in [0.2, 0.25) is 0 Å². The number of carbonyl (C=O) groups excluding carboxylic acids is 2. The minimum Gasteiger partial charge on any atom is -0.546 e. The van der Waals surface area contributed by atoms with E-state index in [2.05, 4.69) is 29.0 Å². The number of nitrogens with one attached hydrogen (secondary N) is 1. The maximum atomic E-state index is 11.9. The zero-order valence-corrected chi connectivity index (χ0v) is 26.3. The summed E-state index contributed by atoms with van der Waals surface area (Å²) in [5.41, 5.74) is 1.23. The highest BCUT2D eigenvalue weighted by molar-refractivity contribution is 7.86. The van der Waals surface area contributed by atoms with Gasteiger partial charge in [-0.1, -0.05) is 17.8 Å². The average Bonchev–Trinajstić information content (AvgIpc) is 2.95. The highest BCUT2D eigenvalue weighted by Gasteiger charge is 2.14. The molecule has 14 nitrogen and oxygen atoms in total. The number of ether oxygens (including phenoxy) is 4. The van der Waals surface area contributed by atoms with Crippen molar-refractivity contribution in [2.75, 3.05) is 45.0 Å². The van der Waals surface area contributed by atoms with Crippen LogP contribution in [0.25, 0.3) is 0 Å². The summed E-state index contributed by atoms with van der Waals surface area (Å²) >= 11 is 0. The summed E-state index contributed by atoms with van der Waals surface area (Å²) in [6, 6.07) is 5.87. The van der Waals surface area contributed by atoms with Crippen LogP contribution in [0.4, 0.5) is 0 Å². The topological polar surface area (TPSA) is 215 Å². The number of carboxylic acids is 1. The Hall–Kier alpha value is -4.48. The molecule has 16 heteroatoms. The Morgan fingerprint density at radius 3 is 1.67 bits per heavy atom. The molecule has 0 saturated carbocycles. The van der Waals surface area contributed by atoms with Crippen LogP contribution < -0.4 is 29.4 Å². The van der Waals surface area contributed by atoms with Gasteiger partial charge in [0.05, 0.1) is 47.4 Å². The number of rotatable bonds is 16. The highest BCUT2D eigenvalue weighted by Crippen LogP contribution is 2.31. The molecule has 0 aliphatic heterocycles. The van der Waals surface area contributed by atoms with Gasteiger partial charge in [-0.25, -0.2) is 0 Å². The Morgan fingerprint density at radius 1 is 0.756 bits per heavy atom. The lowest BCUT2D eigenvalue weighted by molar-refractivity contribution is -0.307. The largest absolute Gasteiger partial charge is 0.546 e. The van der Waals surface area contributed by atoms with Crippen molar-refractivity contribution in [3.05, 3.63) is 46.5 Å². The smallest absolute Gasteiger partial charge is 0.264 e. The first-order chi connectivity index (χ1) is 21.1. The van der Waals surface area contributed by atoms with Gasteiger partial charge < -0.3 is 34.2 Å². The molecule has 0 saturated heterocycles. The minimum atomic E-state index is -4.21. The molecule has 3 N–H and O–H groups in total. The normalized spacial score (nSPS) is 10.9. The molecule has 2 aromatic carbocycles. The molecule has 0 unspecified atom stereocenters. The van der Waals surface area contributed by atoms with E-state index >= 15 is 0 Å². The van der Waals surface area contributed by atoms with Gasteiger partial charge in [0.25, 0.3) is 26.1 Å². The van der Waals surface area contributed by atoms with Crippen LogP contribution in [0.15, 0.2) is 24.3 Å². The standard InChI is InChI=1S/C29H33NO13S2/c1-4-7-21-16-27(42-18-28(31)30-3)23(17-26(21)43-19-29(32)33)9-8-22-15-24(40-10-5-12-44(34,35)36)20(2)14-25(22)41-11-6-13-45(37,38)39/h14-17H,5-6,10-13,18-19H2,1-3H3,(H,30,31)(H,32,33)(H,34,35,36)(H,37,38,39)/p-1. The molecule has 0 bridgehead atoms. The fraction of sp³-hybridized carbons (Fsp3) is 0.379. The van der Waals surface area contributed by atoms with E-state index in [-0.39, 0.29) is 66.6 Å². The molecule has 244 valence electrons. The fourth-order valence-corrected chi connectivity index (χ4v) is 4.46. The van der Waals surface area contributed by atoms with Gasteiger partial charge in [-0.2, -0.15) is 16.8 Å². The monoisotopic (exact) mass is 666 g/mol. The first kappa shape index (κ1) is 36.7. The van der Waals surface area contributed by atoms with Crippen LogP contribution in [0.2, 0.25) is 0 Å². The second-order valence-corrected chi connectivity index (χ2v) is 12.3. The maximum absolute atomic E-state index is 11.9. The highest BCUT2D eigenvalue weighted by atomic mass is 32.2. The van der Waals surface area contributed by atoms with E-state index in [1.165, 1.54) is 25.2 Å². The van der Waals surface area contributed by atoms with Crippen LogP contribution in [0.3, 0.4) is 0 Å². The lowest BCUT2D eigenvalue weighted by Crippen LogP contribution is -2.29. The van der Waals surface area contributed by atoms with E-state index in [1.807, 2.05) is 0 Å². The van der Waals surface area contributed by atoms with E-state index in [4.69, 9.17) is 28.1 Å². The first-order valence-corrected chi connectivity index (χ1v) is 16.4. The van der Waals surface area contributed by atoms with Crippen molar-refractivity contribution >= 4 is 32.1 Å². The molecule has 1 amide bonds. The zero-order valence-electron chi connectivity index (χ0n) is 24.7. The summed E-state index contributed by atoms with van der Waals surface area (Å²) in [4.78, 5) is 22.9. The van der Waals surface area contributed by atoms with Crippen LogP contribution >= 0.6 is 0 Å². The lowest BCUT2D eigenvalue weighted by atomic mass is 10.1. The Labute approximate surface area is 261 Å². The fourth-order valence-electron chi connectivity index (χ4n) is 3.50. The predicted molar refractivity (Wildman–Crippen MR) is 159 cm³/mol. The van der Waals surface area contributed by atoms with Gasteiger partial charge in [0, 0.05) is 19.2 Å². The van der Waals surface area contributed by atoms with Crippen LogP contribution in [0, 0.1) is 30.6 Å². The van der Waals surface area contributed by atoms with E-state index in [0.717, 1.165) is 0 Å². The van der Waals surface area contributed by atoms with Crippen molar-refractivity contribution in [3.8, 4) is 46.7 Å². The number of benzene rings is 2. The third-order valence-corrected chi connectivity index (χ3v) is 7.15. The van der Waals surface area contributed by atoms with Crippen molar-refractivity contribution < 1.29 is 59.6 Å². The van der Waals surface area contributed by atoms with Crippen molar-refractivity contribution in [3.63, 3.8) is 0 Å². The molecule has 0 heterocycles. The molecule has 0 aromatic heterocycles. The number of hydrogen-bond donors (Lipinski definition) is 3. The second kappa shape index (κ2) is 17.1. The van der Waals surface area contributed by atoms with E-state index in [9.17, 15) is 31.5 Å².